The van der Waals surface area contributed by atoms with E-state index >= 15 is 0 Å². The Kier molecular flexibility index (Phi) is 8.40. The van der Waals surface area contributed by atoms with Gasteiger partial charge in [0.15, 0.2) is 11.5 Å². The molecular formula is C26H35NO5S. The van der Waals surface area contributed by atoms with E-state index in [9.17, 15) is 9.59 Å². The maximum absolute atomic E-state index is 12.4. The number of nitrogens with one attached hydrogen (secondary N) is 1. The van der Waals surface area contributed by atoms with E-state index in [1.54, 1.807) is 20.8 Å². The summed E-state index contributed by atoms with van der Waals surface area (Å²) in [5, 5.41) is 3.58. The Labute approximate surface area is 200 Å². The molecule has 1 heterocycles. The molecule has 0 radical (unpaired) electrons. The van der Waals surface area contributed by atoms with Crippen LogP contribution in [0.3, 0.4) is 0 Å². The molecule has 0 atom stereocenters. The van der Waals surface area contributed by atoms with E-state index in [4.69, 9.17) is 14.2 Å². The lowest BCUT2D eigenvalue weighted by Crippen LogP contribution is -2.27. The molecule has 33 heavy (non-hydrogen) atoms. The van der Waals surface area contributed by atoms with Gasteiger partial charge in [0, 0.05) is 22.7 Å². The summed E-state index contributed by atoms with van der Waals surface area (Å²) < 4.78 is 16.1. The number of carbonyl (C=O) groups excluding carboxylic acids is 2. The number of methoxy groups -OCH3 is 1. The molecule has 1 N–H and O–H groups in total. The molecule has 1 saturated carbocycles. The topological polar surface area (TPSA) is 73.9 Å². The Bertz CT molecular complexity index is 970. The van der Waals surface area contributed by atoms with Crippen molar-refractivity contribution in [1.82, 2.24) is 0 Å². The van der Waals surface area contributed by atoms with Crippen molar-refractivity contribution in [2.75, 3.05) is 25.6 Å². The van der Waals surface area contributed by atoms with Gasteiger partial charge in [-0.2, -0.15) is 0 Å². The van der Waals surface area contributed by atoms with E-state index in [-0.39, 0.29) is 6.61 Å². The lowest BCUT2D eigenvalue weighted by atomic mass is 9.89. The summed E-state index contributed by atoms with van der Waals surface area (Å²) in [5.41, 5.74) is 2.24. The SMILES string of the molecule is COC(=O)c1sc(-c2cccc(NCC3CCCCC3)c2)c(C)c1OCC(=O)OC(C)(C)C. The first-order chi connectivity index (χ1) is 15.7. The molecule has 1 aromatic carbocycles. The van der Waals surface area contributed by atoms with Gasteiger partial charge in [-0.3, -0.25) is 0 Å². The van der Waals surface area contributed by atoms with Crippen molar-refractivity contribution in [3.8, 4) is 16.2 Å². The molecule has 3 rings (SSSR count). The number of carbonyl (C=O) groups is 2. The van der Waals surface area contributed by atoms with E-state index in [2.05, 4.69) is 17.4 Å². The molecule has 1 aromatic heterocycles. The van der Waals surface area contributed by atoms with Crippen molar-refractivity contribution in [3.63, 3.8) is 0 Å². The summed E-state index contributed by atoms with van der Waals surface area (Å²) in [6.45, 7) is 7.99. The molecule has 180 valence electrons. The number of anilines is 1. The summed E-state index contributed by atoms with van der Waals surface area (Å²) in [5.74, 6) is 0.123. The second-order valence-electron chi connectivity index (χ2n) is 9.55. The van der Waals surface area contributed by atoms with E-state index in [1.807, 2.05) is 19.1 Å². The second kappa shape index (κ2) is 11.1. The normalized spacial score (nSPS) is 14.6. The predicted octanol–water partition coefficient (Wildman–Crippen LogP) is 6.22. The summed E-state index contributed by atoms with van der Waals surface area (Å²) in [4.78, 5) is 25.8. The lowest BCUT2D eigenvalue weighted by molar-refractivity contribution is -0.157. The molecular weight excluding hydrogens is 438 g/mol. The van der Waals surface area contributed by atoms with Gasteiger partial charge < -0.3 is 19.5 Å². The van der Waals surface area contributed by atoms with Crippen molar-refractivity contribution in [2.45, 2.75) is 65.4 Å². The second-order valence-corrected chi connectivity index (χ2v) is 10.6. The fourth-order valence-corrected chi connectivity index (χ4v) is 5.27. The van der Waals surface area contributed by atoms with Crippen molar-refractivity contribution in [3.05, 3.63) is 34.7 Å². The quantitative estimate of drug-likeness (QED) is 0.459. The van der Waals surface area contributed by atoms with Gasteiger partial charge in [-0.05, 0) is 64.2 Å². The maximum atomic E-state index is 12.4. The zero-order chi connectivity index (χ0) is 24.0. The molecule has 1 aliphatic carbocycles. The summed E-state index contributed by atoms with van der Waals surface area (Å²) in [6, 6.07) is 8.19. The number of esters is 2. The maximum Gasteiger partial charge on any atom is 0.351 e. The van der Waals surface area contributed by atoms with Gasteiger partial charge >= 0.3 is 11.9 Å². The van der Waals surface area contributed by atoms with E-state index < -0.39 is 17.5 Å². The fraction of sp³-hybridized carbons (Fsp3) is 0.538. The summed E-state index contributed by atoms with van der Waals surface area (Å²) in [6.07, 6.45) is 6.58. The lowest BCUT2D eigenvalue weighted by Gasteiger charge is -2.22. The van der Waals surface area contributed by atoms with Crippen LogP contribution in [-0.4, -0.2) is 37.8 Å². The minimum Gasteiger partial charge on any atom is -0.480 e. The van der Waals surface area contributed by atoms with Gasteiger partial charge in [-0.15, -0.1) is 11.3 Å². The van der Waals surface area contributed by atoms with Crippen LogP contribution in [0.1, 0.15) is 68.1 Å². The van der Waals surface area contributed by atoms with Gasteiger partial charge in [0.1, 0.15) is 11.4 Å². The first-order valence-corrected chi connectivity index (χ1v) is 12.4. The Hall–Kier alpha value is -2.54. The molecule has 0 spiro atoms. The van der Waals surface area contributed by atoms with Crippen LogP contribution in [0.2, 0.25) is 0 Å². The summed E-state index contributed by atoms with van der Waals surface area (Å²) in [7, 11) is 1.34. The number of rotatable bonds is 8. The van der Waals surface area contributed by atoms with Crippen LogP contribution < -0.4 is 10.1 Å². The molecule has 2 aromatic rings. The zero-order valence-electron chi connectivity index (χ0n) is 20.3. The fourth-order valence-electron chi connectivity index (χ4n) is 4.10. The smallest absolute Gasteiger partial charge is 0.351 e. The molecule has 0 saturated heterocycles. The molecule has 0 amide bonds. The monoisotopic (exact) mass is 473 g/mol. The van der Waals surface area contributed by atoms with Crippen LogP contribution in [0.15, 0.2) is 24.3 Å². The first-order valence-electron chi connectivity index (χ1n) is 11.6. The van der Waals surface area contributed by atoms with Crippen LogP contribution in [0.25, 0.3) is 10.4 Å². The van der Waals surface area contributed by atoms with Gasteiger partial charge in [-0.25, -0.2) is 9.59 Å². The van der Waals surface area contributed by atoms with E-state index in [1.165, 1.54) is 50.6 Å². The Morgan fingerprint density at radius 2 is 1.88 bits per heavy atom. The largest absolute Gasteiger partial charge is 0.480 e. The third-order valence-corrected chi connectivity index (χ3v) is 6.96. The van der Waals surface area contributed by atoms with Crippen LogP contribution >= 0.6 is 11.3 Å². The molecule has 0 unspecified atom stereocenters. The molecule has 7 heteroatoms. The minimum absolute atomic E-state index is 0.277. The third kappa shape index (κ3) is 6.97. The number of hydrogen-bond acceptors (Lipinski definition) is 7. The van der Waals surface area contributed by atoms with Gasteiger partial charge in [0.2, 0.25) is 0 Å². The van der Waals surface area contributed by atoms with E-state index in [0.717, 1.165) is 34.2 Å². The molecule has 6 nitrogen and oxygen atoms in total. The number of benzene rings is 1. The Morgan fingerprint density at radius 3 is 2.55 bits per heavy atom. The molecule has 0 aliphatic heterocycles. The van der Waals surface area contributed by atoms with Gasteiger partial charge in [0.05, 0.1) is 7.11 Å². The van der Waals surface area contributed by atoms with Crippen molar-refractivity contribution < 1.29 is 23.8 Å². The Morgan fingerprint density at radius 1 is 1.15 bits per heavy atom. The average Bonchev–Trinajstić information content (AvgIpc) is 3.11. The standard InChI is InChI=1S/C26H35NO5S/c1-17-22(31-16-21(28)32-26(2,3)4)24(25(29)30-5)33-23(17)19-12-9-13-20(14-19)27-15-18-10-7-6-8-11-18/h9,12-14,18,27H,6-8,10-11,15-16H2,1-5H3. The highest BCUT2D eigenvalue weighted by atomic mass is 32.1. The van der Waals surface area contributed by atoms with Gasteiger partial charge in [0.25, 0.3) is 0 Å². The zero-order valence-corrected chi connectivity index (χ0v) is 21.1. The Balaban J connectivity index is 1.79. The van der Waals surface area contributed by atoms with Crippen molar-refractivity contribution >= 4 is 29.0 Å². The molecule has 0 bridgehead atoms. The average molecular weight is 474 g/mol. The summed E-state index contributed by atoms with van der Waals surface area (Å²) >= 11 is 1.31. The number of thiophene rings is 1. The third-order valence-electron chi connectivity index (χ3n) is 5.66. The van der Waals surface area contributed by atoms with Crippen molar-refractivity contribution in [2.24, 2.45) is 5.92 Å². The van der Waals surface area contributed by atoms with E-state index in [0.29, 0.717) is 10.6 Å². The van der Waals surface area contributed by atoms with Crippen LogP contribution in [0.5, 0.6) is 5.75 Å². The number of hydrogen-bond donors (Lipinski definition) is 1. The highest BCUT2D eigenvalue weighted by Crippen LogP contribution is 2.42. The van der Waals surface area contributed by atoms with Crippen molar-refractivity contribution in [1.29, 1.82) is 0 Å². The van der Waals surface area contributed by atoms with Crippen LogP contribution in [0, 0.1) is 12.8 Å². The number of ether oxygens (including phenoxy) is 3. The van der Waals surface area contributed by atoms with Crippen LogP contribution in [0.4, 0.5) is 5.69 Å². The van der Waals surface area contributed by atoms with Gasteiger partial charge in [-0.1, -0.05) is 31.4 Å². The molecule has 1 fully saturated rings. The van der Waals surface area contributed by atoms with Crippen LogP contribution in [-0.2, 0) is 14.3 Å². The minimum atomic E-state index is -0.606. The predicted molar refractivity (Wildman–Crippen MR) is 132 cm³/mol. The molecule has 1 aliphatic rings. The highest BCUT2D eigenvalue weighted by Gasteiger charge is 2.25. The highest BCUT2D eigenvalue weighted by molar-refractivity contribution is 7.18. The first kappa shape index (κ1) is 25.1.